The molecule has 1 heterocycles. The molecule has 0 aromatic heterocycles. The quantitative estimate of drug-likeness (QED) is 0.379. The Morgan fingerprint density at radius 3 is 2.19 bits per heavy atom. The average Bonchev–Trinajstić information content (AvgIpc) is 2.79. The van der Waals surface area contributed by atoms with Gasteiger partial charge in [0, 0.05) is 22.0 Å². The molecule has 0 spiro atoms. The van der Waals surface area contributed by atoms with Gasteiger partial charge in [0.25, 0.3) is 0 Å². The number of halogens is 2. The van der Waals surface area contributed by atoms with Crippen LogP contribution in [0.25, 0.3) is 0 Å². The van der Waals surface area contributed by atoms with Gasteiger partial charge in [0.15, 0.2) is 9.84 Å². The summed E-state index contributed by atoms with van der Waals surface area (Å²) in [6.45, 7) is 8.71. The summed E-state index contributed by atoms with van der Waals surface area (Å²) in [7, 11) is -3.53. The molecule has 0 radical (unpaired) electrons. The SMILES string of the molecule is CC(C)[C@@H](CS(=O)(=O)C(C)C)N1C(=O)C(C)(CC(=O)O)CC(c2cccc(Cl)c2)[C@H]1c1ccc(Cl)cc1. The van der Waals surface area contributed by atoms with E-state index < -0.39 is 38.6 Å². The van der Waals surface area contributed by atoms with Crippen molar-refractivity contribution in [3.05, 3.63) is 69.7 Å². The maximum Gasteiger partial charge on any atom is 0.304 e. The van der Waals surface area contributed by atoms with Gasteiger partial charge in [-0.1, -0.05) is 68.2 Å². The Balaban J connectivity index is 2.30. The molecule has 0 saturated carbocycles. The zero-order valence-corrected chi connectivity index (χ0v) is 24.1. The van der Waals surface area contributed by atoms with E-state index in [0.29, 0.717) is 10.0 Å². The molecule has 6 nitrogen and oxygen atoms in total. The third-order valence-corrected chi connectivity index (χ3v) is 10.1. The summed E-state index contributed by atoms with van der Waals surface area (Å²) in [4.78, 5) is 27.9. The van der Waals surface area contributed by atoms with Crippen LogP contribution in [0.1, 0.15) is 70.5 Å². The number of sulfone groups is 1. The van der Waals surface area contributed by atoms with Gasteiger partial charge in [0.1, 0.15) is 0 Å². The fraction of sp³-hybridized carbons (Fsp3) is 0.500. The van der Waals surface area contributed by atoms with Crippen molar-refractivity contribution in [2.45, 2.75) is 70.7 Å². The number of nitrogens with zero attached hydrogens (tertiary/aromatic N) is 1. The largest absolute Gasteiger partial charge is 0.481 e. The highest BCUT2D eigenvalue weighted by molar-refractivity contribution is 7.92. The monoisotopic (exact) mass is 567 g/mol. The van der Waals surface area contributed by atoms with Gasteiger partial charge >= 0.3 is 5.97 Å². The van der Waals surface area contributed by atoms with Crippen molar-refractivity contribution in [2.75, 3.05) is 5.75 Å². The number of piperidine rings is 1. The normalized spacial score (nSPS) is 23.5. The molecule has 4 atom stereocenters. The van der Waals surface area contributed by atoms with Crippen molar-refractivity contribution in [2.24, 2.45) is 11.3 Å². The summed E-state index contributed by atoms with van der Waals surface area (Å²) in [6.07, 6.45) is -0.0987. The van der Waals surface area contributed by atoms with Gasteiger partial charge in [-0.15, -0.1) is 0 Å². The number of rotatable bonds is 9. The Hall–Kier alpha value is -2.09. The minimum absolute atomic E-state index is 0.209. The van der Waals surface area contributed by atoms with Gasteiger partial charge < -0.3 is 10.0 Å². The lowest BCUT2D eigenvalue weighted by molar-refractivity contribution is -0.161. The first-order chi connectivity index (χ1) is 17.2. The van der Waals surface area contributed by atoms with Gasteiger partial charge in [-0.25, -0.2) is 8.42 Å². The van der Waals surface area contributed by atoms with Gasteiger partial charge in [0.2, 0.25) is 5.91 Å². The van der Waals surface area contributed by atoms with Crippen molar-refractivity contribution in [3.8, 4) is 0 Å². The van der Waals surface area contributed by atoms with Crippen LogP contribution in [0.2, 0.25) is 10.0 Å². The molecule has 1 fully saturated rings. The summed E-state index contributed by atoms with van der Waals surface area (Å²) in [5, 5.41) is 10.2. The van der Waals surface area contributed by atoms with Gasteiger partial charge in [-0.2, -0.15) is 0 Å². The van der Waals surface area contributed by atoms with E-state index in [-0.39, 0.29) is 36.3 Å². The van der Waals surface area contributed by atoms with Crippen LogP contribution in [0.5, 0.6) is 0 Å². The number of carbonyl (C=O) groups is 2. The molecule has 1 aliphatic heterocycles. The third kappa shape index (κ3) is 6.50. The van der Waals surface area contributed by atoms with Crippen LogP contribution in [0, 0.1) is 11.3 Å². The first-order valence-electron chi connectivity index (χ1n) is 12.4. The van der Waals surface area contributed by atoms with E-state index in [1.807, 2.05) is 44.2 Å². The van der Waals surface area contributed by atoms with Crippen LogP contribution in [0.15, 0.2) is 48.5 Å². The molecule has 3 rings (SSSR count). The highest BCUT2D eigenvalue weighted by Crippen LogP contribution is 2.52. The van der Waals surface area contributed by atoms with E-state index in [9.17, 15) is 23.1 Å². The molecule has 1 amide bonds. The highest BCUT2D eigenvalue weighted by atomic mass is 35.5. The molecule has 2 aromatic rings. The van der Waals surface area contributed by atoms with E-state index in [0.717, 1.165) is 11.1 Å². The third-order valence-electron chi connectivity index (χ3n) is 7.38. The second-order valence-electron chi connectivity index (χ2n) is 10.9. The van der Waals surface area contributed by atoms with Crippen molar-refractivity contribution in [1.82, 2.24) is 4.90 Å². The number of benzene rings is 2. The van der Waals surface area contributed by atoms with Crippen molar-refractivity contribution in [1.29, 1.82) is 0 Å². The number of carboxylic acids is 1. The predicted octanol–water partition coefficient (Wildman–Crippen LogP) is 6.38. The van der Waals surface area contributed by atoms with Crippen molar-refractivity contribution >= 4 is 44.9 Å². The molecule has 2 unspecified atom stereocenters. The predicted molar refractivity (Wildman–Crippen MR) is 148 cm³/mol. The standard InChI is InChI=1S/C28H35Cl2NO5S/c1-17(2)24(16-37(35,36)18(3)4)31-26(19-9-11-21(29)12-10-19)23(20-7-6-8-22(30)13-20)14-28(5,27(31)34)15-25(32)33/h6-13,17-18,23-24,26H,14-16H2,1-5H3,(H,32,33)/t23?,24-,26-,28?/m1/s1. The maximum absolute atomic E-state index is 14.3. The number of hydrogen-bond acceptors (Lipinski definition) is 4. The summed E-state index contributed by atoms with van der Waals surface area (Å²) < 4.78 is 26.3. The molecule has 1 N–H and O–H groups in total. The topological polar surface area (TPSA) is 91.8 Å². The number of carboxylic acid groups (broad SMARTS) is 1. The highest BCUT2D eigenvalue weighted by Gasteiger charge is 2.53. The molecule has 9 heteroatoms. The number of likely N-dealkylation sites (tertiary alicyclic amines) is 1. The zero-order chi connectivity index (χ0) is 27.7. The Labute approximate surface area is 229 Å². The van der Waals surface area contributed by atoms with Crippen LogP contribution in [-0.2, 0) is 19.4 Å². The molecule has 37 heavy (non-hydrogen) atoms. The minimum atomic E-state index is -3.53. The second-order valence-corrected chi connectivity index (χ2v) is 14.4. The van der Waals surface area contributed by atoms with Crippen molar-refractivity contribution in [3.63, 3.8) is 0 Å². The van der Waals surface area contributed by atoms with E-state index >= 15 is 0 Å². The van der Waals surface area contributed by atoms with Gasteiger partial charge in [-0.05, 0) is 61.6 Å². The fourth-order valence-corrected chi connectivity index (χ4v) is 7.00. The van der Waals surface area contributed by atoms with Crippen LogP contribution in [0.4, 0.5) is 0 Å². The first kappa shape index (κ1) is 29.5. The Bertz CT molecular complexity index is 1250. The molecule has 0 aliphatic carbocycles. The molecule has 202 valence electrons. The Morgan fingerprint density at radius 2 is 1.68 bits per heavy atom. The fourth-order valence-electron chi connectivity index (χ4n) is 5.27. The summed E-state index contributed by atoms with van der Waals surface area (Å²) in [5.41, 5.74) is 0.416. The lowest BCUT2D eigenvalue weighted by atomic mass is 9.66. The van der Waals surface area contributed by atoms with Crippen LogP contribution in [-0.4, -0.2) is 47.3 Å². The number of aliphatic carboxylic acids is 1. The van der Waals surface area contributed by atoms with E-state index in [2.05, 4.69) is 0 Å². The smallest absolute Gasteiger partial charge is 0.304 e. The molecule has 1 aliphatic rings. The van der Waals surface area contributed by atoms with E-state index in [4.69, 9.17) is 23.2 Å². The molecule has 1 saturated heterocycles. The van der Waals surface area contributed by atoms with Gasteiger partial charge in [-0.3, -0.25) is 9.59 Å². The number of hydrogen-bond donors (Lipinski definition) is 1. The Kier molecular flexibility index (Phi) is 9.03. The second kappa shape index (κ2) is 11.3. The van der Waals surface area contributed by atoms with E-state index in [1.165, 1.54) is 0 Å². The summed E-state index contributed by atoms with van der Waals surface area (Å²) in [5.74, 6) is -2.19. The minimum Gasteiger partial charge on any atom is -0.481 e. The molecular formula is C28H35Cl2NO5S. The first-order valence-corrected chi connectivity index (χ1v) is 14.9. The van der Waals surface area contributed by atoms with E-state index in [1.54, 1.807) is 43.9 Å². The number of amides is 1. The zero-order valence-electron chi connectivity index (χ0n) is 21.8. The summed E-state index contributed by atoms with van der Waals surface area (Å²) in [6, 6.07) is 13.3. The number of carbonyl (C=O) groups excluding carboxylic acids is 1. The van der Waals surface area contributed by atoms with Crippen LogP contribution in [0.3, 0.4) is 0 Å². The molecular weight excluding hydrogens is 533 g/mol. The average molecular weight is 569 g/mol. The van der Waals surface area contributed by atoms with Crippen LogP contribution >= 0.6 is 23.2 Å². The van der Waals surface area contributed by atoms with Gasteiger partial charge in [0.05, 0.1) is 28.9 Å². The molecule has 0 bridgehead atoms. The van der Waals surface area contributed by atoms with Crippen LogP contribution < -0.4 is 0 Å². The lowest BCUT2D eigenvalue weighted by Gasteiger charge is -2.52. The molecule has 2 aromatic carbocycles. The van der Waals surface area contributed by atoms with Crippen molar-refractivity contribution < 1.29 is 23.1 Å². The maximum atomic E-state index is 14.3. The summed E-state index contributed by atoms with van der Waals surface area (Å²) >= 11 is 12.5. The lowest BCUT2D eigenvalue weighted by Crippen LogP contribution is -2.59. The Morgan fingerprint density at radius 1 is 1.05 bits per heavy atom.